The molecule has 0 aliphatic rings. The van der Waals surface area contributed by atoms with Gasteiger partial charge in [0.25, 0.3) is 11.6 Å². The van der Waals surface area contributed by atoms with Gasteiger partial charge in [0, 0.05) is 30.3 Å². The predicted molar refractivity (Wildman–Crippen MR) is 71.1 cm³/mol. The fourth-order valence-electron chi connectivity index (χ4n) is 1.83. The second-order valence-electron chi connectivity index (χ2n) is 4.27. The molecule has 0 fully saturated rings. The van der Waals surface area contributed by atoms with E-state index in [-0.39, 0.29) is 30.3 Å². The molecule has 1 N–H and O–H groups in total. The highest BCUT2D eigenvalue weighted by Crippen LogP contribution is 2.20. The summed E-state index contributed by atoms with van der Waals surface area (Å²) in [5.74, 6) is -0.293. The minimum absolute atomic E-state index is 0.0636. The Morgan fingerprint density at radius 3 is 2.63 bits per heavy atom. The summed E-state index contributed by atoms with van der Waals surface area (Å²) in [6.07, 6.45) is 0.764. The van der Waals surface area contributed by atoms with Gasteiger partial charge in [-0.1, -0.05) is 13.0 Å². The molecule has 104 valence electrons. The number of rotatable bonds is 6. The number of benzene rings is 1. The van der Waals surface area contributed by atoms with Crippen LogP contribution >= 0.6 is 0 Å². The Hall–Kier alpha value is -1.95. The molecule has 1 rings (SSSR count). The number of hydrogen-bond acceptors (Lipinski definition) is 4. The van der Waals surface area contributed by atoms with Crippen molar-refractivity contribution in [1.29, 1.82) is 0 Å². The molecule has 0 saturated carbocycles. The molecular weight excluding hydrogens is 248 g/mol. The van der Waals surface area contributed by atoms with Gasteiger partial charge in [-0.3, -0.25) is 14.9 Å². The molecule has 1 aromatic rings. The highest BCUT2D eigenvalue weighted by molar-refractivity contribution is 5.95. The smallest absolute Gasteiger partial charge is 0.273 e. The lowest BCUT2D eigenvalue weighted by Gasteiger charge is -2.21. The van der Waals surface area contributed by atoms with Crippen molar-refractivity contribution in [3.8, 4) is 0 Å². The minimum atomic E-state index is -0.498. The van der Waals surface area contributed by atoms with Crippen molar-refractivity contribution < 1.29 is 14.8 Å². The van der Waals surface area contributed by atoms with E-state index in [1.54, 1.807) is 19.1 Å². The van der Waals surface area contributed by atoms with Gasteiger partial charge >= 0.3 is 0 Å². The maximum atomic E-state index is 12.2. The summed E-state index contributed by atoms with van der Waals surface area (Å²) in [7, 11) is 0. The van der Waals surface area contributed by atoms with Crippen LogP contribution in [0, 0.1) is 17.0 Å². The summed E-state index contributed by atoms with van der Waals surface area (Å²) in [5, 5.41) is 19.8. The molecule has 19 heavy (non-hydrogen) atoms. The average Bonchev–Trinajstić information content (AvgIpc) is 2.38. The van der Waals surface area contributed by atoms with Crippen molar-refractivity contribution in [2.24, 2.45) is 0 Å². The summed E-state index contributed by atoms with van der Waals surface area (Å²) in [4.78, 5) is 24.1. The molecule has 6 nitrogen and oxygen atoms in total. The Labute approximate surface area is 111 Å². The van der Waals surface area contributed by atoms with Gasteiger partial charge < -0.3 is 10.0 Å². The third kappa shape index (κ3) is 3.75. The number of carbonyl (C=O) groups is 1. The molecule has 0 aliphatic heterocycles. The van der Waals surface area contributed by atoms with E-state index in [0.29, 0.717) is 12.1 Å². The standard InChI is InChI=1S/C13H18N2O4/c1-3-6-14(7-8-16)13(17)11-5-4-10(2)12(9-11)15(18)19/h4-5,9,16H,3,6-8H2,1-2H3. The molecule has 0 saturated heterocycles. The summed E-state index contributed by atoms with van der Waals surface area (Å²) in [5.41, 5.74) is 0.733. The molecule has 0 bridgehead atoms. The van der Waals surface area contributed by atoms with Gasteiger partial charge in [0.05, 0.1) is 11.5 Å². The summed E-state index contributed by atoms with van der Waals surface area (Å²) < 4.78 is 0. The quantitative estimate of drug-likeness (QED) is 0.628. The molecule has 6 heteroatoms. The highest BCUT2D eigenvalue weighted by Gasteiger charge is 2.18. The summed E-state index contributed by atoms with van der Waals surface area (Å²) in [6, 6.07) is 4.43. The van der Waals surface area contributed by atoms with Gasteiger partial charge in [-0.15, -0.1) is 0 Å². The van der Waals surface area contributed by atoms with Gasteiger partial charge in [-0.2, -0.15) is 0 Å². The van der Waals surface area contributed by atoms with Gasteiger partial charge in [-0.25, -0.2) is 0 Å². The number of hydrogen-bond donors (Lipinski definition) is 1. The predicted octanol–water partition coefficient (Wildman–Crippen LogP) is 1.75. The number of aryl methyl sites for hydroxylation is 1. The van der Waals surface area contributed by atoms with E-state index in [1.807, 2.05) is 6.92 Å². The average molecular weight is 266 g/mol. The van der Waals surface area contributed by atoms with E-state index < -0.39 is 4.92 Å². The van der Waals surface area contributed by atoms with E-state index in [0.717, 1.165) is 6.42 Å². The number of nitro groups is 1. The van der Waals surface area contributed by atoms with Crippen LogP contribution in [-0.2, 0) is 0 Å². The van der Waals surface area contributed by atoms with Crippen LogP contribution in [-0.4, -0.2) is 40.5 Å². The lowest BCUT2D eigenvalue weighted by Crippen LogP contribution is -2.34. The van der Waals surface area contributed by atoms with Crippen molar-refractivity contribution in [3.63, 3.8) is 0 Å². The number of nitro benzene ring substituents is 1. The zero-order valence-corrected chi connectivity index (χ0v) is 11.1. The van der Waals surface area contributed by atoms with Crippen molar-refractivity contribution in [2.75, 3.05) is 19.7 Å². The molecule has 0 aliphatic carbocycles. The van der Waals surface area contributed by atoms with Gasteiger partial charge in [0.2, 0.25) is 0 Å². The Morgan fingerprint density at radius 1 is 1.42 bits per heavy atom. The maximum Gasteiger partial charge on any atom is 0.273 e. The Bertz CT molecular complexity index is 468. The SMILES string of the molecule is CCCN(CCO)C(=O)c1ccc(C)c([N+](=O)[O-])c1. The maximum absolute atomic E-state index is 12.2. The van der Waals surface area contributed by atoms with Crippen molar-refractivity contribution >= 4 is 11.6 Å². The van der Waals surface area contributed by atoms with Crippen LogP contribution in [0.25, 0.3) is 0 Å². The van der Waals surface area contributed by atoms with Crippen molar-refractivity contribution in [2.45, 2.75) is 20.3 Å². The second-order valence-corrected chi connectivity index (χ2v) is 4.27. The van der Waals surface area contributed by atoms with Crippen LogP contribution in [0.3, 0.4) is 0 Å². The molecule has 1 aromatic carbocycles. The minimum Gasteiger partial charge on any atom is -0.395 e. The number of aliphatic hydroxyl groups excluding tert-OH is 1. The molecule has 0 radical (unpaired) electrons. The lowest BCUT2D eigenvalue weighted by molar-refractivity contribution is -0.385. The largest absolute Gasteiger partial charge is 0.395 e. The number of aliphatic hydroxyl groups is 1. The van der Waals surface area contributed by atoms with E-state index in [9.17, 15) is 14.9 Å². The molecule has 0 aromatic heterocycles. The zero-order chi connectivity index (χ0) is 14.4. The Morgan fingerprint density at radius 2 is 2.11 bits per heavy atom. The van der Waals surface area contributed by atoms with Crippen LogP contribution in [0.1, 0.15) is 29.3 Å². The van der Waals surface area contributed by atoms with E-state index in [4.69, 9.17) is 5.11 Å². The van der Waals surface area contributed by atoms with Crippen LogP contribution < -0.4 is 0 Å². The first-order valence-electron chi connectivity index (χ1n) is 6.16. The first-order valence-corrected chi connectivity index (χ1v) is 6.16. The van der Waals surface area contributed by atoms with Gasteiger partial charge in [-0.05, 0) is 19.4 Å². The monoisotopic (exact) mass is 266 g/mol. The van der Waals surface area contributed by atoms with Crippen LogP contribution in [0.5, 0.6) is 0 Å². The topological polar surface area (TPSA) is 83.7 Å². The molecule has 0 heterocycles. The number of nitrogens with zero attached hydrogens (tertiary/aromatic N) is 2. The third-order valence-electron chi connectivity index (χ3n) is 2.80. The fourth-order valence-corrected chi connectivity index (χ4v) is 1.83. The fraction of sp³-hybridized carbons (Fsp3) is 0.462. The molecule has 0 unspecified atom stereocenters. The third-order valence-corrected chi connectivity index (χ3v) is 2.80. The first-order chi connectivity index (χ1) is 9.01. The van der Waals surface area contributed by atoms with Gasteiger partial charge in [0.15, 0.2) is 0 Å². The Kier molecular flexibility index (Phi) is 5.44. The number of carbonyl (C=O) groups excluding carboxylic acids is 1. The molecule has 0 atom stereocenters. The Balaban J connectivity index is 3.04. The van der Waals surface area contributed by atoms with Crippen LogP contribution in [0.15, 0.2) is 18.2 Å². The van der Waals surface area contributed by atoms with Crippen molar-refractivity contribution in [1.82, 2.24) is 4.90 Å². The van der Waals surface area contributed by atoms with E-state index >= 15 is 0 Å². The zero-order valence-electron chi connectivity index (χ0n) is 11.1. The van der Waals surface area contributed by atoms with Crippen LogP contribution in [0.2, 0.25) is 0 Å². The molecule has 0 spiro atoms. The summed E-state index contributed by atoms with van der Waals surface area (Å²) >= 11 is 0. The lowest BCUT2D eigenvalue weighted by atomic mass is 10.1. The molecule has 1 amide bonds. The highest BCUT2D eigenvalue weighted by atomic mass is 16.6. The van der Waals surface area contributed by atoms with Gasteiger partial charge in [0.1, 0.15) is 0 Å². The molecular formula is C13H18N2O4. The van der Waals surface area contributed by atoms with Crippen molar-refractivity contribution in [3.05, 3.63) is 39.4 Å². The van der Waals surface area contributed by atoms with E-state index in [2.05, 4.69) is 0 Å². The van der Waals surface area contributed by atoms with E-state index in [1.165, 1.54) is 11.0 Å². The number of amides is 1. The summed E-state index contributed by atoms with van der Waals surface area (Å²) in [6.45, 7) is 4.17. The second kappa shape index (κ2) is 6.84. The first kappa shape index (κ1) is 15.1. The normalized spacial score (nSPS) is 10.3. The van der Waals surface area contributed by atoms with Crippen LogP contribution in [0.4, 0.5) is 5.69 Å².